The van der Waals surface area contributed by atoms with Crippen molar-refractivity contribution in [1.29, 1.82) is 0 Å². The molecule has 3 heterocycles. The van der Waals surface area contributed by atoms with Crippen LogP contribution in [0.4, 0.5) is 11.6 Å². The Hall–Kier alpha value is -3.09. The highest BCUT2D eigenvalue weighted by molar-refractivity contribution is 5.77. The molecule has 146 valence electrons. The molecule has 7 heteroatoms. The van der Waals surface area contributed by atoms with Gasteiger partial charge in [-0.25, -0.2) is 4.79 Å². The van der Waals surface area contributed by atoms with Crippen molar-refractivity contribution in [2.24, 2.45) is 7.05 Å². The lowest BCUT2D eigenvalue weighted by Crippen LogP contribution is -2.40. The summed E-state index contributed by atoms with van der Waals surface area (Å²) in [5.41, 5.74) is 4.49. The molecule has 0 amide bonds. The average Bonchev–Trinajstić information content (AvgIpc) is 3.05. The molecule has 0 radical (unpaired) electrons. The molecule has 28 heavy (non-hydrogen) atoms. The molecule has 0 unspecified atom stereocenters. The molecule has 0 fully saturated rings. The van der Waals surface area contributed by atoms with E-state index in [0.717, 1.165) is 30.2 Å². The first-order chi connectivity index (χ1) is 13.3. The predicted molar refractivity (Wildman–Crippen MR) is 112 cm³/mol. The van der Waals surface area contributed by atoms with Crippen molar-refractivity contribution in [2.75, 3.05) is 11.4 Å². The van der Waals surface area contributed by atoms with Gasteiger partial charge in [0.2, 0.25) is 5.95 Å². The minimum Gasteiger partial charge on any atom is -0.312 e. The first kappa shape index (κ1) is 18.3. The Morgan fingerprint density at radius 2 is 1.96 bits per heavy atom. The molecule has 1 aliphatic heterocycles. The number of fused-ring (bicyclic) bond motifs is 3. The van der Waals surface area contributed by atoms with Crippen LogP contribution in [-0.2, 0) is 20.1 Å². The fourth-order valence-corrected chi connectivity index (χ4v) is 3.93. The molecular weight excluding hydrogens is 354 g/mol. The van der Waals surface area contributed by atoms with Crippen LogP contribution in [0.3, 0.4) is 0 Å². The van der Waals surface area contributed by atoms with Crippen LogP contribution in [0.1, 0.15) is 24.5 Å². The Morgan fingerprint density at radius 3 is 2.68 bits per heavy atom. The third kappa shape index (κ3) is 2.61. The van der Waals surface area contributed by atoms with Crippen molar-refractivity contribution >= 4 is 22.8 Å². The van der Waals surface area contributed by atoms with Crippen molar-refractivity contribution in [1.82, 2.24) is 18.7 Å². The monoisotopic (exact) mass is 379 g/mol. The van der Waals surface area contributed by atoms with Gasteiger partial charge in [-0.3, -0.25) is 13.9 Å². The zero-order valence-corrected chi connectivity index (χ0v) is 16.8. The summed E-state index contributed by atoms with van der Waals surface area (Å²) in [7, 11) is 1.67. The maximum absolute atomic E-state index is 13.2. The van der Waals surface area contributed by atoms with Crippen molar-refractivity contribution in [2.45, 2.75) is 40.3 Å². The zero-order chi connectivity index (χ0) is 20.2. The number of hydrogen-bond donors (Lipinski definition) is 0. The fraction of sp³-hybridized carbons (Fsp3) is 0.381. The van der Waals surface area contributed by atoms with Crippen LogP contribution in [0.2, 0.25) is 0 Å². The third-order valence-electron chi connectivity index (χ3n) is 5.51. The van der Waals surface area contributed by atoms with Crippen LogP contribution in [0, 0.1) is 13.8 Å². The van der Waals surface area contributed by atoms with Gasteiger partial charge < -0.3 is 9.47 Å². The molecule has 0 saturated carbocycles. The molecule has 3 aromatic rings. The summed E-state index contributed by atoms with van der Waals surface area (Å²) < 4.78 is 4.67. The topological polar surface area (TPSA) is 65.1 Å². The van der Waals surface area contributed by atoms with E-state index in [-0.39, 0.29) is 17.8 Å². The summed E-state index contributed by atoms with van der Waals surface area (Å²) in [5.74, 6) is 0.718. The Balaban J connectivity index is 2.01. The lowest BCUT2D eigenvalue weighted by molar-refractivity contribution is 0.596. The number of rotatable bonds is 3. The number of benzene rings is 1. The number of nitrogens with zero attached hydrogens (tertiary/aromatic N) is 5. The van der Waals surface area contributed by atoms with E-state index < -0.39 is 0 Å². The number of allylic oxidation sites excluding steroid dienone is 1. The quantitative estimate of drug-likeness (QED) is 0.656. The lowest BCUT2D eigenvalue weighted by atomic mass is 10.1. The molecule has 0 spiro atoms. The van der Waals surface area contributed by atoms with Gasteiger partial charge >= 0.3 is 5.69 Å². The summed E-state index contributed by atoms with van der Waals surface area (Å²) in [6.45, 7) is 11.6. The van der Waals surface area contributed by atoms with Crippen LogP contribution < -0.4 is 16.1 Å². The van der Waals surface area contributed by atoms with Gasteiger partial charge in [-0.1, -0.05) is 24.3 Å². The molecule has 4 rings (SSSR count). The Kier molecular flexibility index (Phi) is 4.25. The minimum atomic E-state index is -0.366. The van der Waals surface area contributed by atoms with Crippen molar-refractivity contribution in [3.8, 4) is 0 Å². The summed E-state index contributed by atoms with van der Waals surface area (Å²) in [5, 5.41) is 0. The number of imidazole rings is 1. The maximum Gasteiger partial charge on any atom is 0.332 e. The zero-order valence-electron chi connectivity index (χ0n) is 16.8. The Labute approximate surface area is 163 Å². The molecule has 1 aromatic carbocycles. The number of aromatic nitrogens is 4. The molecule has 7 nitrogen and oxygen atoms in total. The van der Waals surface area contributed by atoms with Gasteiger partial charge in [0.25, 0.3) is 5.56 Å². The molecule has 1 aliphatic rings. The van der Waals surface area contributed by atoms with Crippen molar-refractivity contribution < 1.29 is 0 Å². The van der Waals surface area contributed by atoms with E-state index in [2.05, 4.69) is 37.5 Å². The van der Waals surface area contributed by atoms with Crippen molar-refractivity contribution in [3.05, 3.63) is 62.3 Å². The van der Waals surface area contributed by atoms with Gasteiger partial charge in [0, 0.05) is 25.8 Å². The first-order valence-electron chi connectivity index (χ1n) is 9.49. The Bertz CT molecular complexity index is 1230. The van der Waals surface area contributed by atoms with E-state index in [1.54, 1.807) is 7.05 Å². The number of anilines is 2. The highest BCUT2D eigenvalue weighted by Gasteiger charge is 2.27. The summed E-state index contributed by atoms with van der Waals surface area (Å²) >= 11 is 0. The lowest BCUT2D eigenvalue weighted by Gasteiger charge is -2.30. The predicted octanol–water partition coefficient (Wildman–Crippen LogP) is 2.63. The molecule has 0 aliphatic carbocycles. The largest absolute Gasteiger partial charge is 0.332 e. The van der Waals surface area contributed by atoms with E-state index in [1.165, 1.54) is 20.3 Å². The average molecular weight is 379 g/mol. The van der Waals surface area contributed by atoms with Gasteiger partial charge in [0.05, 0.1) is 6.54 Å². The summed E-state index contributed by atoms with van der Waals surface area (Å²) in [6.07, 6.45) is 0.897. The molecular formula is C21H25N5O2. The summed E-state index contributed by atoms with van der Waals surface area (Å²) in [4.78, 5) is 32.8. The highest BCUT2D eigenvalue weighted by atomic mass is 16.2. The van der Waals surface area contributed by atoms with Gasteiger partial charge in [-0.2, -0.15) is 4.98 Å². The number of aryl methyl sites for hydroxylation is 3. The molecule has 0 N–H and O–H groups in total. The SMILES string of the molecule is C=C(C)Cn1c(=O)c2c(nc3n2CCCN3c2cccc(C)c2C)n(C)c1=O. The first-order valence-corrected chi connectivity index (χ1v) is 9.49. The molecule has 0 saturated heterocycles. The van der Waals surface area contributed by atoms with E-state index >= 15 is 0 Å². The van der Waals surface area contributed by atoms with E-state index in [0.29, 0.717) is 17.7 Å². The van der Waals surface area contributed by atoms with Gasteiger partial charge in [-0.05, 0) is 44.4 Å². The Morgan fingerprint density at radius 1 is 1.21 bits per heavy atom. The number of hydrogen-bond acceptors (Lipinski definition) is 4. The molecule has 0 bridgehead atoms. The van der Waals surface area contributed by atoms with Crippen LogP contribution in [0.25, 0.3) is 11.2 Å². The fourth-order valence-electron chi connectivity index (χ4n) is 3.93. The second-order valence-electron chi connectivity index (χ2n) is 7.65. The second-order valence-corrected chi connectivity index (χ2v) is 7.65. The third-order valence-corrected chi connectivity index (χ3v) is 5.51. The highest BCUT2D eigenvalue weighted by Crippen LogP contribution is 2.33. The maximum atomic E-state index is 13.2. The standard InChI is InChI=1S/C21H25N5O2/c1-13(2)12-26-19(27)17-18(23(5)21(26)28)22-20-24(10-7-11-25(17)20)16-9-6-8-14(3)15(16)4/h6,8-9H,1,7,10-12H2,2-5H3. The van der Waals surface area contributed by atoms with E-state index in [4.69, 9.17) is 4.98 Å². The van der Waals surface area contributed by atoms with Crippen LogP contribution in [0.5, 0.6) is 0 Å². The van der Waals surface area contributed by atoms with Crippen LogP contribution in [0.15, 0.2) is 39.9 Å². The van der Waals surface area contributed by atoms with E-state index in [9.17, 15) is 9.59 Å². The minimum absolute atomic E-state index is 0.211. The van der Waals surface area contributed by atoms with Gasteiger partial charge in [0.1, 0.15) is 0 Å². The molecule has 2 aromatic heterocycles. The van der Waals surface area contributed by atoms with Gasteiger partial charge in [0.15, 0.2) is 11.2 Å². The van der Waals surface area contributed by atoms with Crippen molar-refractivity contribution in [3.63, 3.8) is 0 Å². The van der Waals surface area contributed by atoms with Gasteiger partial charge in [-0.15, -0.1) is 0 Å². The smallest absolute Gasteiger partial charge is 0.312 e. The van der Waals surface area contributed by atoms with Crippen LogP contribution in [-0.4, -0.2) is 25.2 Å². The van der Waals surface area contributed by atoms with Crippen LogP contribution >= 0.6 is 0 Å². The molecule has 0 atom stereocenters. The summed E-state index contributed by atoms with van der Waals surface area (Å²) in [6, 6.07) is 6.20. The van der Waals surface area contributed by atoms with E-state index in [1.807, 2.05) is 17.6 Å². The second kappa shape index (κ2) is 6.51. The normalized spacial score (nSPS) is 13.8.